The number of carbonyl (C=O) groups is 1. The number of amides is 1. The Labute approximate surface area is 138 Å². The Morgan fingerprint density at radius 3 is 3.08 bits per heavy atom. The average Bonchev–Trinajstić information content (AvgIpc) is 3.08. The molecule has 0 fully saturated rings. The molecular formula is C16H15N7O. The van der Waals surface area contributed by atoms with Crippen LogP contribution in [0.2, 0.25) is 0 Å². The molecule has 0 saturated heterocycles. The van der Waals surface area contributed by atoms with E-state index < -0.39 is 0 Å². The summed E-state index contributed by atoms with van der Waals surface area (Å²) >= 11 is 0. The molecule has 3 rings (SSSR count). The van der Waals surface area contributed by atoms with Gasteiger partial charge in [-0.25, -0.2) is 15.0 Å². The van der Waals surface area contributed by atoms with E-state index in [1.54, 1.807) is 36.5 Å². The molecule has 1 amide bonds. The zero-order valence-electron chi connectivity index (χ0n) is 13.0. The van der Waals surface area contributed by atoms with Crippen molar-refractivity contribution in [1.82, 2.24) is 25.3 Å². The standard InChI is InChI=1S/C16H15N7O/c1-23(16-14-15(20-9-19-14)21-10-22-16)8-13(24)18-7-12-4-2-3-11(5-12)6-17/h2-5,9-10H,7-8H2,1H3,(H,18,24)(H,19,20,21,22). The molecule has 2 N–H and O–H groups in total. The van der Waals surface area contributed by atoms with Gasteiger partial charge in [0.1, 0.15) is 11.8 Å². The average molecular weight is 321 g/mol. The topological polar surface area (TPSA) is 111 Å². The van der Waals surface area contributed by atoms with Crippen LogP contribution in [-0.4, -0.2) is 39.4 Å². The lowest BCUT2D eigenvalue weighted by Gasteiger charge is -2.17. The summed E-state index contributed by atoms with van der Waals surface area (Å²) in [6, 6.07) is 9.22. The number of benzene rings is 1. The Kier molecular flexibility index (Phi) is 4.34. The van der Waals surface area contributed by atoms with Crippen molar-refractivity contribution in [3.05, 3.63) is 48.0 Å². The summed E-state index contributed by atoms with van der Waals surface area (Å²) in [5, 5.41) is 11.7. The highest BCUT2D eigenvalue weighted by atomic mass is 16.2. The minimum atomic E-state index is -0.147. The normalized spacial score (nSPS) is 10.3. The Morgan fingerprint density at radius 1 is 1.38 bits per heavy atom. The van der Waals surface area contributed by atoms with Crippen molar-refractivity contribution in [2.24, 2.45) is 0 Å². The first kappa shape index (κ1) is 15.4. The highest BCUT2D eigenvalue weighted by Gasteiger charge is 2.13. The maximum atomic E-state index is 12.1. The molecule has 0 atom stereocenters. The highest BCUT2D eigenvalue weighted by Crippen LogP contribution is 2.17. The van der Waals surface area contributed by atoms with Crippen LogP contribution in [0.3, 0.4) is 0 Å². The number of imidazole rings is 1. The predicted octanol–water partition coefficient (Wildman–Crippen LogP) is 0.977. The van der Waals surface area contributed by atoms with Gasteiger partial charge in [0.15, 0.2) is 11.5 Å². The lowest BCUT2D eigenvalue weighted by molar-refractivity contribution is -0.119. The number of rotatable bonds is 5. The first-order valence-electron chi connectivity index (χ1n) is 7.28. The summed E-state index contributed by atoms with van der Waals surface area (Å²) in [7, 11) is 1.78. The third-order valence-corrected chi connectivity index (χ3v) is 3.49. The van der Waals surface area contributed by atoms with E-state index in [1.165, 1.54) is 6.33 Å². The molecule has 2 aromatic heterocycles. The Hall–Kier alpha value is -3.47. The summed E-state index contributed by atoms with van der Waals surface area (Å²) in [6.45, 7) is 0.508. The molecular weight excluding hydrogens is 306 g/mol. The first-order chi connectivity index (χ1) is 11.7. The second kappa shape index (κ2) is 6.75. The Morgan fingerprint density at radius 2 is 2.25 bits per heavy atom. The number of H-pyrrole nitrogens is 1. The van der Waals surface area contributed by atoms with Gasteiger partial charge in [-0.15, -0.1) is 0 Å². The SMILES string of the molecule is CN(CC(=O)NCc1cccc(C#N)c1)c1ncnc2nc[nH]c12. The lowest BCUT2D eigenvalue weighted by Crippen LogP contribution is -2.35. The van der Waals surface area contributed by atoms with Gasteiger partial charge < -0.3 is 15.2 Å². The zero-order chi connectivity index (χ0) is 16.9. The number of hydrogen-bond acceptors (Lipinski definition) is 6. The van der Waals surface area contributed by atoms with Crippen LogP contribution in [0.4, 0.5) is 5.82 Å². The van der Waals surface area contributed by atoms with Crippen LogP contribution in [0.15, 0.2) is 36.9 Å². The molecule has 8 nitrogen and oxygen atoms in total. The summed E-state index contributed by atoms with van der Waals surface area (Å²) in [6.07, 6.45) is 2.96. The van der Waals surface area contributed by atoms with Crippen LogP contribution in [0.1, 0.15) is 11.1 Å². The van der Waals surface area contributed by atoms with Crippen molar-refractivity contribution in [3.8, 4) is 6.07 Å². The quantitative estimate of drug-likeness (QED) is 0.724. The van der Waals surface area contributed by atoms with E-state index in [0.29, 0.717) is 29.1 Å². The van der Waals surface area contributed by atoms with Crippen LogP contribution in [0.5, 0.6) is 0 Å². The van der Waals surface area contributed by atoms with Crippen molar-refractivity contribution >= 4 is 22.9 Å². The molecule has 0 aliphatic carbocycles. The highest BCUT2D eigenvalue weighted by molar-refractivity contribution is 5.86. The predicted molar refractivity (Wildman–Crippen MR) is 88.0 cm³/mol. The van der Waals surface area contributed by atoms with Crippen molar-refractivity contribution in [2.75, 3.05) is 18.5 Å². The van der Waals surface area contributed by atoms with Crippen molar-refractivity contribution < 1.29 is 4.79 Å². The van der Waals surface area contributed by atoms with E-state index in [2.05, 4.69) is 31.3 Å². The van der Waals surface area contributed by atoms with Gasteiger partial charge in [0.2, 0.25) is 5.91 Å². The van der Waals surface area contributed by atoms with Crippen LogP contribution in [0.25, 0.3) is 11.2 Å². The Balaban J connectivity index is 1.62. The van der Waals surface area contributed by atoms with E-state index in [1.807, 2.05) is 6.07 Å². The van der Waals surface area contributed by atoms with E-state index >= 15 is 0 Å². The number of aromatic nitrogens is 4. The van der Waals surface area contributed by atoms with E-state index in [0.717, 1.165) is 5.56 Å². The fourth-order valence-electron chi connectivity index (χ4n) is 2.34. The molecule has 0 spiro atoms. The van der Waals surface area contributed by atoms with Gasteiger partial charge in [-0.1, -0.05) is 12.1 Å². The van der Waals surface area contributed by atoms with E-state index in [-0.39, 0.29) is 12.5 Å². The fourth-order valence-corrected chi connectivity index (χ4v) is 2.34. The summed E-state index contributed by atoms with van der Waals surface area (Å²) < 4.78 is 0. The maximum Gasteiger partial charge on any atom is 0.239 e. The number of nitriles is 1. The van der Waals surface area contributed by atoms with Gasteiger partial charge in [0, 0.05) is 13.6 Å². The van der Waals surface area contributed by atoms with Gasteiger partial charge in [-0.2, -0.15) is 5.26 Å². The molecule has 0 radical (unpaired) electrons. The van der Waals surface area contributed by atoms with Crippen LogP contribution >= 0.6 is 0 Å². The Bertz CT molecular complexity index is 912. The monoisotopic (exact) mass is 321 g/mol. The van der Waals surface area contributed by atoms with E-state index in [4.69, 9.17) is 5.26 Å². The van der Waals surface area contributed by atoms with Crippen LogP contribution in [0, 0.1) is 11.3 Å². The van der Waals surface area contributed by atoms with Crippen LogP contribution in [-0.2, 0) is 11.3 Å². The number of anilines is 1. The molecule has 0 aliphatic rings. The minimum Gasteiger partial charge on any atom is -0.350 e. The summed E-state index contributed by atoms with van der Waals surface area (Å²) in [4.78, 5) is 29.2. The number of fused-ring (bicyclic) bond motifs is 1. The fraction of sp³-hybridized carbons (Fsp3) is 0.188. The van der Waals surface area contributed by atoms with E-state index in [9.17, 15) is 4.79 Å². The van der Waals surface area contributed by atoms with Gasteiger partial charge in [0.25, 0.3) is 0 Å². The van der Waals surface area contributed by atoms with Gasteiger partial charge >= 0.3 is 0 Å². The number of nitrogens with zero attached hydrogens (tertiary/aromatic N) is 5. The molecule has 0 saturated carbocycles. The van der Waals surface area contributed by atoms with Crippen molar-refractivity contribution in [3.63, 3.8) is 0 Å². The van der Waals surface area contributed by atoms with Crippen molar-refractivity contribution in [2.45, 2.75) is 6.54 Å². The maximum absolute atomic E-state index is 12.1. The molecule has 120 valence electrons. The third kappa shape index (κ3) is 3.30. The number of likely N-dealkylation sites (N-methyl/N-ethyl adjacent to an activating group) is 1. The minimum absolute atomic E-state index is 0.142. The summed E-state index contributed by atoms with van der Waals surface area (Å²) in [5.74, 6) is 0.463. The number of nitrogens with one attached hydrogen (secondary N) is 2. The number of hydrogen-bond donors (Lipinski definition) is 2. The van der Waals surface area contributed by atoms with Crippen molar-refractivity contribution in [1.29, 1.82) is 5.26 Å². The first-order valence-corrected chi connectivity index (χ1v) is 7.28. The largest absolute Gasteiger partial charge is 0.350 e. The lowest BCUT2D eigenvalue weighted by atomic mass is 10.1. The second-order valence-electron chi connectivity index (χ2n) is 5.24. The molecule has 24 heavy (non-hydrogen) atoms. The zero-order valence-corrected chi connectivity index (χ0v) is 13.0. The molecule has 8 heteroatoms. The molecule has 2 heterocycles. The molecule has 0 aliphatic heterocycles. The van der Waals surface area contributed by atoms with Gasteiger partial charge in [0.05, 0.1) is 24.5 Å². The molecule has 0 bridgehead atoms. The number of carbonyl (C=O) groups excluding carboxylic acids is 1. The number of aromatic amines is 1. The second-order valence-corrected chi connectivity index (χ2v) is 5.24. The smallest absolute Gasteiger partial charge is 0.239 e. The molecule has 1 aromatic carbocycles. The van der Waals surface area contributed by atoms with Crippen LogP contribution < -0.4 is 10.2 Å². The van der Waals surface area contributed by atoms with Gasteiger partial charge in [-0.3, -0.25) is 4.79 Å². The molecule has 3 aromatic rings. The third-order valence-electron chi connectivity index (χ3n) is 3.49. The molecule has 0 unspecified atom stereocenters. The summed E-state index contributed by atoms with van der Waals surface area (Å²) in [5.41, 5.74) is 2.69. The van der Waals surface area contributed by atoms with Gasteiger partial charge in [-0.05, 0) is 17.7 Å².